The smallest absolute Gasteiger partial charge is 0.478 e. The number of carboxylic acid groups (broad SMARTS) is 1. The lowest BCUT2D eigenvalue weighted by Gasteiger charge is -2.09. The van der Waals surface area contributed by atoms with Crippen molar-refractivity contribution in [3.05, 3.63) is 29.8 Å². The van der Waals surface area contributed by atoms with Crippen LogP contribution in [0.15, 0.2) is 29.4 Å². The van der Waals surface area contributed by atoms with Crippen molar-refractivity contribution in [1.82, 2.24) is 0 Å². The molecule has 0 saturated heterocycles. The van der Waals surface area contributed by atoms with Gasteiger partial charge < -0.3 is 14.7 Å². The molecule has 0 fully saturated rings. The number of halogens is 3. The minimum absolute atomic E-state index is 0.00912. The minimum Gasteiger partial charge on any atom is -0.478 e. The van der Waals surface area contributed by atoms with Gasteiger partial charge in [-0.15, -0.1) is 13.2 Å². The van der Waals surface area contributed by atoms with Gasteiger partial charge in [-0.05, 0) is 12.1 Å². The predicted molar refractivity (Wildman–Crippen MR) is 56.8 cm³/mol. The fourth-order valence-electron chi connectivity index (χ4n) is 1.55. The van der Waals surface area contributed by atoms with Crippen LogP contribution in [0.2, 0.25) is 0 Å². The number of nitrogens with zero attached hydrogens (tertiary/aromatic N) is 1. The first-order valence-electron chi connectivity index (χ1n) is 5.17. The summed E-state index contributed by atoms with van der Waals surface area (Å²) in [5.41, 5.74) is 0.588. The highest BCUT2D eigenvalue weighted by Crippen LogP contribution is 2.25. The molecular weight excluding hydrogens is 267 g/mol. The summed E-state index contributed by atoms with van der Waals surface area (Å²) in [6.07, 6.45) is -5.90. The van der Waals surface area contributed by atoms with Crippen LogP contribution in [-0.4, -0.2) is 29.3 Å². The van der Waals surface area contributed by atoms with Gasteiger partial charge in [0.2, 0.25) is 6.10 Å². The van der Waals surface area contributed by atoms with Gasteiger partial charge in [0.15, 0.2) is 0 Å². The maximum absolute atomic E-state index is 12.1. The highest BCUT2D eigenvalue weighted by Gasteiger charge is 2.32. The number of carboxylic acids is 1. The Bertz CT molecular complexity index is 527. The number of oxime groups is 1. The zero-order chi connectivity index (χ0) is 14.0. The molecule has 1 unspecified atom stereocenters. The number of rotatable bonds is 3. The molecule has 1 aromatic rings. The van der Waals surface area contributed by atoms with Gasteiger partial charge in [-0.2, -0.15) is 0 Å². The van der Waals surface area contributed by atoms with Gasteiger partial charge in [0.1, 0.15) is 5.75 Å². The van der Waals surface area contributed by atoms with Crippen molar-refractivity contribution < 1.29 is 32.6 Å². The Morgan fingerprint density at radius 1 is 1.47 bits per heavy atom. The van der Waals surface area contributed by atoms with Crippen molar-refractivity contribution in [1.29, 1.82) is 0 Å². The standard InChI is InChI=1S/C11H8F3NO4/c12-11(13,14)18-7-3-1-2-6(4-7)8-5-9(10(16)17)19-15-8/h1-4,9H,5H2,(H,16,17). The van der Waals surface area contributed by atoms with Gasteiger partial charge in [-0.25, -0.2) is 4.79 Å². The second-order valence-corrected chi connectivity index (χ2v) is 3.75. The van der Waals surface area contributed by atoms with Crippen LogP contribution in [0.25, 0.3) is 0 Å². The molecule has 0 spiro atoms. The molecule has 0 bridgehead atoms. The van der Waals surface area contributed by atoms with E-state index in [2.05, 4.69) is 14.7 Å². The van der Waals surface area contributed by atoms with Gasteiger partial charge >= 0.3 is 12.3 Å². The van der Waals surface area contributed by atoms with E-state index in [1.807, 2.05) is 0 Å². The van der Waals surface area contributed by atoms with E-state index in [-0.39, 0.29) is 12.1 Å². The normalized spacial score (nSPS) is 18.7. The maximum Gasteiger partial charge on any atom is 0.573 e. The molecule has 1 atom stereocenters. The van der Waals surface area contributed by atoms with Crippen LogP contribution in [0, 0.1) is 0 Å². The number of carbonyl (C=O) groups is 1. The van der Waals surface area contributed by atoms with Gasteiger partial charge in [-0.1, -0.05) is 17.3 Å². The summed E-state index contributed by atoms with van der Waals surface area (Å²) in [5.74, 6) is -1.58. The molecule has 19 heavy (non-hydrogen) atoms. The van der Waals surface area contributed by atoms with Crippen LogP contribution in [0.3, 0.4) is 0 Å². The van der Waals surface area contributed by atoms with Crippen molar-refractivity contribution in [2.45, 2.75) is 18.9 Å². The van der Waals surface area contributed by atoms with Crippen LogP contribution < -0.4 is 4.74 Å². The Kier molecular flexibility index (Phi) is 3.32. The third-order valence-corrected chi connectivity index (χ3v) is 2.35. The molecular formula is C11H8F3NO4. The van der Waals surface area contributed by atoms with Crippen LogP contribution in [0.5, 0.6) is 5.75 Å². The molecule has 8 heteroatoms. The fourth-order valence-corrected chi connectivity index (χ4v) is 1.55. The Morgan fingerprint density at radius 3 is 2.79 bits per heavy atom. The quantitative estimate of drug-likeness (QED) is 0.917. The summed E-state index contributed by atoms with van der Waals surface area (Å²) in [5, 5.41) is 12.3. The largest absolute Gasteiger partial charge is 0.573 e. The first-order valence-corrected chi connectivity index (χ1v) is 5.17. The zero-order valence-corrected chi connectivity index (χ0v) is 9.35. The number of alkyl halides is 3. The monoisotopic (exact) mass is 275 g/mol. The topological polar surface area (TPSA) is 68.1 Å². The van der Waals surface area contributed by atoms with E-state index in [4.69, 9.17) is 5.11 Å². The predicted octanol–water partition coefficient (Wildman–Crippen LogP) is 2.16. The zero-order valence-electron chi connectivity index (χ0n) is 9.35. The number of benzene rings is 1. The van der Waals surface area contributed by atoms with E-state index in [1.165, 1.54) is 12.1 Å². The van der Waals surface area contributed by atoms with E-state index >= 15 is 0 Å². The number of ether oxygens (including phenoxy) is 1. The number of hydrogen-bond acceptors (Lipinski definition) is 4. The van der Waals surface area contributed by atoms with Crippen molar-refractivity contribution in [2.75, 3.05) is 0 Å². The van der Waals surface area contributed by atoms with Gasteiger partial charge in [0, 0.05) is 12.0 Å². The van der Waals surface area contributed by atoms with Gasteiger partial charge in [-0.3, -0.25) is 0 Å². The highest BCUT2D eigenvalue weighted by atomic mass is 19.4. The van der Waals surface area contributed by atoms with Crippen LogP contribution in [0.1, 0.15) is 12.0 Å². The maximum atomic E-state index is 12.1. The third-order valence-electron chi connectivity index (χ3n) is 2.35. The highest BCUT2D eigenvalue weighted by molar-refractivity contribution is 6.03. The summed E-state index contributed by atoms with van der Waals surface area (Å²) in [4.78, 5) is 15.3. The average Bonchev–Trinajstić information content (AvgIpc) is 2.76. The van der Waals surface area contributed by atoms with Gasteiger partial charge in [0.05, 0.1) is 5.71 Å². The molecule has 5 nitrogen and oxygen atoms in total. The second kappa shape index (κ2) is 4.79. The lowest BCUT2D eigenvalue weighted by molar-refractivity contribution is -0.274. The molecule has 0 saturated carbocycles. The van der Waals surface area contributed by atoms with E-state index in [0.717, 1.165) is 12.1 Å². The molecule has 0 aromatic heterocycles. The summed E-state index contributed by atoms with van der Waals surface area (Å²) >= 11 is 0. The first-order chi connectivity index (χ1) is 8.85. The summed E-state index contributed by atoms with van der Waals surface area (Å²) in [6, 6.07) is 5.12. The lowest BCUT2D eigenvalue weighted by Crippen LogP contribution is -2.20. The van der Waals surface area contributed by atoms with Crippen molar-refractivity contribution in [2.24, 2.45) is 5.16 Å². The molecule has 0 aliphatic carbocycles. The number of hydrogen-bond donors (Lipinski definition) is 1. The lowest BCUT2D eigenvalue weighted by atomic mass is 10.0. The Balaban J connectivity index is 2.14. The molecule has 1 aromatic carbocycles. The molecule has 102 valence electrons. The summed E-state index contributed by atoms with van der Waals surface area (Å²) in [7, 11) is 0. The van der Waals surface area contributed by atoms with Crippen molar-refractivity contribution >= 4 is 11.7 Å². The van der Waals surface area contributed by atoms with Crippen LogP contribution in [-0.2, 0) is 9.63 Å². The van der Waals surface area contributed by atoms with Crippen molar-refractivity contribution in [3.63, 3.8) is 0 Å². The average molecular weight is 275 g/mol. The minimum atomic E-state index is -4.78. The van der Waals surface area contributed by atoms with E-state index < -0.39 is 24.2 Å². The molecule has 1 aliphatic rings. The Labute approximate surface area is 105 Å². The van der Waals surface area contributed by atoms with E-state index in [1.54, 1.807) is 0 Å². The molecule has 1 heterocycles. The molecule has 0 amide bonds. The summed E-state index contributed by atoms with van der Waals surface area (Å²) < 4.78 is 40.0. The Morgan fingerprint density at radius 2 is 2.21 bits per heavy atom. The second-order valence-electron chi connectivity index (χ2n) is 3.75. The first kappa shape index (κ1) is 13.2. The van der Waals surface area contributed by atoms with Crippen LogP contribution in [0.4, 0.5) is 13.2 Å². The molecule has 1 aliphatic heterocycles. The molecule has 2 rings (SSSR count). The molecule has 0 radical (unpaired) electrons. The van der Waals surface area contributed by atoms with E-state index in [0.29, 0.717) is 5.56 Å². The fraction of sp³-hybridized carbons (Fsp3) is 0.273. The SMILES string of the molecule is O=C(O)C1CC(c2cccc(OC(F)(F)F)c2)=NO1. The van der Waals surface area contributed by atoms with Crippen LogP contribution >= 0.6 is 0 Å². The summed E-state index contributed by atoms with van der Waals surface area (Å²) in [6.45, 7) is 0. The van der Waals surface area contributed by atoms with E-state index in [9.17, 15) is 18.0 Å². The number of aliphatic carboxylic acids is 1. The molecule has 1 N–H and O–H groups in total. The van der Waals surface area contributed by atoms with Gasteiger partial charge in [0.25, 0.3) is 0 Å². The third kappa shape index (κ3) is 3.36. The Hall–Kier alpha value is -2.25. The van der Waals surface area contributed by atoms with Crippen molar-refractivity contribution in [3.8, 4) is 5.75 Å².